The van der Waals surface area contributed by atoms with Crippen LogP contribution in [0.5, 0.6) is 0 Å². The number of aliphatic hydroxyl groups excluding tert-OH is 1. The minimum absolute atomic E-state index is 0.241. The van der Waals surface area contributed by atoms with Crippen molar-refractivity contribution in [2.45, 2.75) is 26.4 Å². The van der Waals surface area contributed by atoms with E-state index in [2.05, 4.69) is 33.2 Å². The number of benzene rings is 1. The number of amides is 2. The van der Waals surface area contributed by atoms with E-state index in [-0.39, 0.29) is 6.03 Å². The molecule has 5 heteroatoms. The summed E-state index contributed by atoms with van der Waals surface area (Å²) in [7, 11) is 0. The molecule has 0 aliphatic rings. The van der Waals surface area contributed by atoms with Crippen LogP contribution in [0.15, 0.2) is 18.2 Å². The first-order valence-electron chi connectivity index (χ1n) is 5.48. The van der Waals surface area contributed by atoms with Gasteiger partial charge in [0.25, 0.3) is 0 Å². The summed E-state index contributed by atoms with van der Waals surface area (Å²) in [5.41, 5.74) is 1.84. The normalized spacial score (nSPS) is 12.0. The third-order valence-electron chi connectivity index (χ3n) is 2.28. The Hall–Kier alpha value is -0.820. The Morgan fingerprint density at radius 1 is 1.53 bits per heavy atom. The van der Waals surface area contributed by atoms with E-state index >= 15 is 0 Å². The van der Waals surface area contributed by atoms with Gasteiger partial charge in [-0.1, -0.05) is 0 Å². The number of aliphatic hydroxyl groups is 1. The molecule has 0 bridgehead atoms. The first-order valence-corrected chi connectivity index (χ1v) is 6.56. The molecule has 0 heterocycles. The van der Waals surface area contributed by atoms with E-state index in [4.69, 9.17) is 5.11 Å². The maximum Gasteiger partial charge on any atom is 0.319 e. The smallest absolute Gasteiger partial charge is 0.319 e. The van der Waals surface area contributed by atoms with Crippen LogP contribution in [-0.4, -0.2) is 23.8 Å². The van der Waals surface area contributed by atoms with Gasteiger partial charge in [0, 0.05) is 15.8 Å². The number of nitrogens with one attached hydrogen (secondary N) is 2. The maximum atomic E-state index is 11.5. The van der Waals surface area contributed by atoms with Crippen LogP contribution in [-0.2, 0) is 0 Å². The first kappa shape index (κ1) is 14.2. The maximum absolute atomic E-state index is 11.5. The predicted octanol–water partition coefficient (Wildman–Crippen LogP) is 2.49. The molecule has 0 spiro atoms. The summed E-state index contributed by atoms with van der Waals surface area (Å²) in [6, 6.07) is 5.59. The quantitative estimate of drug-likeness (QED) is 0.733. The second-order valence-corrected chi connectivity index (χ2v) is 5.22. The molecule has 0 radical (unpaired) electrons. The van der Waals surface area contributed by atoms with Crippen LogP contribution in [0.25, 0.3) is 0 Å². The van der Waals surface area contributed by atoms with Crippen LogP contribution in [0, 0.1) is 10.5 Å². The minimum atomic E-state index is -0.393. The Morgan fingerprint density at radius 3 is 2.82 bits per heavy atom. The lowest BCUT2D eigenvalue weighted by molar-refractivity contribution is 0.184. The summed E-state index contributed by atoms with van der Waals surface area (Å²) in [6.45, 7) is 4.11. The second kappa shape index (κ2) is 6.80. The van der Waals surface area contributed by atoms with E-state index in [1.54, 1.807) is 6.92 Å². The Bertz CT molecular complexity index is 394. The van der Waals surface area contributed by atoms with Crippen molar-refractivity contribution in [2.75, 3.05) is 11.9 Å². The van der Waals surface area contributed by atoms with Gasteiger partial charge in [-0.05, 0) is 66.6 Å². The summed E-state index contributed by atoms with van der Waals surface area (Å²) in [5.74, 6) is 0. The number of aryl methyl sites for hydroxylation is 1. The van der Waals surface area contributed by atoms with Gasteiger partial charge in [-0.2, -0.15) is 0 Å². The van der Waals surface area contributed by atoms with Crippen molar-refractivity contribution in [2.24, 2.45) is 0 Å². The zero-order valence-corrected chi connectivity index (χ0v) is 12.1. The van der Waals surface area contributed by atoms with Crippen LogP contribution in [0.3, 0.4) is 0 Å². The molecule has 0 aliphatic carbocycles. The Morgan fingerprint density at radius 2 is 2.24 bits per heavy atom. The van der Waals surface area contributed by atoms with Gasteiger partial charge in [0.1, 0.15) is 0 Å². The van der Waals surface area contributed by atoms with Crippen molar-refractivity contribution >= 4 is 34.3 Å². The van der Waals surface area contributed by atoms with Crippen molar-refractivity contribution in [1.29, 1.82) is 0 Å². The monoisotopic (exact) mass is 348 g/mol. The fourth-order valence-corrected chi connectivity index (χ4v) is 1.98. The van der Waals surface area contributed by atoms with Crippen molar-refractivity contribution in [3.63, 3.8) is 0 Å². The van der Waals surface area contributed by atoms with Crippen molar-refractivity contribution < 1.29 is 9.90 Å². The summed E-state index contributed by atoms with van der Waals surface area (Å²) >= 11 is 2.23. The molecular formula is C12H17IN2O2. The molecule has 17 heavy (non-hydrogen) atoms. The fourth-order valence-electron chi connectivity index (χ4n) is 1.33. The first-order chi connectivity index (χ1) is 7.99. The highest BCUT2D eigenvalue weighted by atomic mass is 127. The van der Waals surface area contributed by atoms with Crippen LogP contribution in [0.4, 0.5) is 10.5 Å². The van der Waals surface area contributed by atoms with E-state index in [0.29, 0.717) is 13.0 Å². The zero-order chi connectivity index (χ0) is 12.8. The van der Waals surface area contributed by atoms with E-state index in [1.807, 2.05) is 25.1 Å². The molecule has 1 atom stereocenters. The number of halogens is 1. The fraction of sp³-hybridized carbons (Fsp3) is 0.417. The number of urea groups is 1. The third-order valence-corrected chi connectivity index (χ3v) is 2.96. The number of anilines is 1. The molecule has 94 valence electrons. The van der Waals surface area contributed by atoms with Gasteiger partial charge in [-0.15, -0.1) is 0 Å². The Labute approximate surface area is 115 Å². The van der Waals surface area contributed by atoms with Gasteiger partial charge in [-0.3, -0.25) is 0 Å². The summed E-state index contributed by atoms with van der Waals surface area (Å²) in [5, 5.41) is 14.5. The van der Waals surface area contributed by atoms with Crippen LogP contribution in [0.1, 0.15) is 18.9 Å². The molecule has 0 aromatic heterocycles. The highest BCUT2D eigenvalue weighted by Gasteiger charge is 2.04. The summed E-state index contributed by atoms with van der Waals surface area (Å²) in [6.07, 6.45) is 0.161. The van der Waals surface area contributed by atoms with Crippen molar-refractivity contribution in [3.05, 3.63) is 27.3 Å². The number of carbonyl (C=O) groups excluding carboxylic acids is 1. The van der Waals surface area contributed by atoms with Crippen LogP contribution in [0.2, 0.25) is 0 Å². The molecule has 0 unspecified atom stereocenters. The molecule has 2 amide bonds. The zero-order valence-electron chi connectivity index (χ0n) is 9.96. The van der Waals surface area contributed by atoms with E-state index in [1.165, 1.54) is 0 Å². The number of carbonyl (C=O) groups is 1. The lowest BCUT2D eigenvalue weighted by Crippen LogP contribution is -2.31. The van der Waals surface area contributed by atoms with Crippen molar-refractivity contribution in [3.8, 4) is 0 Å². The van der Waals surface area contributed by atoms with Crippen molar-refractivity contribution in [1.82, 2.24) is 5.32 Å². The molecule has 0 saturated carbocycles. The topological polar surface area (TPSA) is 61.4 Å². The molecule has 1 rings (SSSR count). The van der Waals surface area contributed by atoms with Gasteiger partial charge in [-0.25, -0.2) is 4.79 Å². The van der Waals surface area contributed by atoms with E-state index < -0.39 is 6.10 Å². The summed E-state index contributed by atoms with van der Waals surface area (Å²) < 4.78 is 1.14. The van der Waals surface area contributed by atoms with Gasteiger partial charge < -0.3 is 15.7 Å². The Kier molecular flexibility index (Phi) is 5.70. The highest BCUT2D eigenvalue weighted by molar-refractivity contribution is 14.1. The molecule has 0 aliphatic heterocycles. The SMILES string of the molecule is Cc1cc(I)ccc1NC(=O)NCC[C@@H](C)O. The standard InChI is InChI=1S/C12H17IN2O2/c1-8-7-10(13)3-4-11(8)15-12(17)14-6-5-9(2)16/h3-4,7,9,16H,5-6H2,1-2H3,(H2,14,15,17)/t9-/m1/s1. The lowest BCUT2D eigenvalue weighted by atomic mass is 10.2. The van der Waals surface area contributed by atoms with E-state index in [0.717, 1.165) is 14.8 Å². The molecule has 0 saturated heterocycles. The largest absolute Gasteiger partial charge is 0.393 e. The van der Waals surface area contributed by atoms with Gasteiger partial charge >= 0.3 is 6.03 Å². The average molecular weight is 348 g/mol. The number of hydrogen-bond donors (Lipinski definition) is 3. The van der Waals surface area contributed by atoms with E-state index in [9.17, 15) is 4.79 Å². The van der Waals surface area contributed by atoms with Crippen LogP contribution >= 0.6 is 22.6 Å². The molecule has 3 N–H and O–H groups in total. The predicted molar refractivity (Wildman–Crippen MR) is 77.2 cm³/mol. The molecular weight excluding hydrogens is 331 g/mol. The Balaban J connectivity index is 2.45. The highest BCUT2D eigenvalue weighted by Crippen LogP contribution is 2.17. The van der Waals surface area contributed by atoms with Gasteiger partial charge in [0.05, 0.1) is 6.10 Å². The van der Waals surface area contributed by atoms with Gasteiger partial charge in [0.2, 0.25) is 0 Å². The number of hydrogen-bond acceptors (Lipinski definition) is 2. The molecule has 4 nitrogen and oxygen atoms in total. The molecule has 0 fully saturated rings. The molecule has 1 aromatic carbocycles. The second-order valence-electron chi connectivity index (χ2n) is 3.98. The average Bonchev–Trinajstić information content (AvgIpc) is 2.21. The molecule has 1 aromatic rings. The summed E-state index contributed by atoms with van der Waals surface area (Å²) in [4.78, 5) is 11.5. The van der Waals surface area contributed by atoms with Gasteiger partial charge in [0.15, 0.2) is 0 Å². The minimum Gasteiger partial charge on any atom is -0.393 e. The third kappa shape index (κ3) is 5.36. The van der Waals surface area contributed by atoms with Crippen LogP contribution < -0.4 is 10.6 Å². The number of rotatable bonds is 4. The lowest BCUT2D eigenvalue weighted by Gasteiger charge is -2.10.